The second-order valence-electron chi connectivity index (χ2n) is 1.20. The molecule has 5 N–H and O–H groups in total. The molecule has 0 aliphatic carbocycles. The van der Waals surface area contributed by atoms with Crippen LogP contribution >= 0.6 is 0 Å². The fourth-order valence-corrected chi connectivity index (χ4v) is 0.435. The van der Waals surface area contributed by atoms with Gasteiger partial charge in [-0.2, -0.15) is 0 Å². The van der Waals surface area contributed by atoms with Gasteiger partial charge in [0.25, 0.3) is 0 Å². The molecule has 0 heterocycles. The van der Waals surface area contributed by atoms with Crippen LogP contribution in [0.4, 0.5) is 0 Å². The first kappa shape index (κ1) is 9.49. The molecule has 0 aromatic heterocycles. The number of nitrogens with zero attached hydrogens (tertiary/aromatic N) is 1. The molecule has 0 bridgehead atoms. The normalized spacial score (nSPS) is 18.9. The van der Waals surface area contributed by atoms with Crippen LogP contribution in [0, 0.1) is 10.1 Å². The van der Waals surface area contributed by atoms with Gasteiger partial charge in [0.1, 0.15) is 0 Å². The molecule has 0 aliphatic heterocycles. The number of rotatable bonds is 2. The molecule has 0 rings (SSSR count). The zero-order valence-corrected chi connectivity index (χ0v) is 5.21. The van der Waals surface area contributed by atoms with E-state index in [0.717, 1.165) is 0 Å². The Morgan fingerprint density at radius 2 is 1.50 bits per heavy atom. The fourth-order valence-electron chi connectivity index (χ4n) is 0.105. The summed E-state index contributed by atoms with van der Waals surface area (Å²) in [7, 11) is 0. The van der Waals surface area contributed by atoms with Gasteiger partial charge in [-0.15, -0.1) is 0 Å². The summed E-state index contributed by atoms with van der Waals surface area (Å²) in [5.41, 5.74) is 0. The van der Waals surface area contributed by atoms with Gasteiger partial charge < -0.3 is 0 Å². The van der Waals surface area contributed by atoms with Crippen LogP contribution in [0.25, 0.3) is 0 Å². The third kappa shape index (κ3) is 7.49. The standard InChI is InChI=1S/NO3.Ni.5H2O/c2-1(3)4;;;;;;/h;;5*1H2/q-1;+6;;;;;/p-5. The summed E-state index contributed by atoms with van der Waals surface area (Å²) >= 11 is -7.88. The third-order valence-electron chi connectivity index (χ3n) is 0.176. The SMILES string of the molecule is O=[N+]([O-])[O][Ni]([OH])([OH])([OH])([OH])[OH]. The Labute approximate surface area is 53.6 Å². The predicted octanol–water partition coefficient (Wildman–Crippen LogP) is -3.13. The van der Waals surface area contributed by atoms with Crippen molar-refractivity contribution < 1.29 is 42.6 Å². The number of hydrogen-bond donors (Lipinski definition) is 5. The summed E-state index contributed by atoms with van der Waals surface area (Å²) in [4.78, 5) is 9.24. The zero-order chi connectivity index (χ0) is 8.69. The first-order chi connectivity index (χ1) is 3.89. The van der Waals surface area contributed by atoms with E-state index in [1.54, 1.807) is 0 Å². The second-order valence-corrected chi connectivity index (χ2v) is 4.26. The Morgan fingerprint density at radius 1 is 1.20 bits per heavy atom. The van der Waals surface area contributed by atoms with E-state index in [2.05, 4.69) is 3.98 Å². The van der Waals surface area contributed by atoms with Crippen molar-refractivity contribution in [2.75, 3.05) is 0 Å². The van der Waals surface area contributed by atoms with E-state index < -0.39 is 17.4 Å². The van der Waals surface area contributed by atoms with Crippen LogP contribution in [0.15, 0.2) is 0 Å². The molecule has 0 radical (unpaired) electrons. The molecular formula is H5NNiO8. The van der Waals surface area contributed by atoms with Gasteiger partial charge in [0.05, 0.1) is 0 Å². The zero-order valence-electron chi connectivity index (χ0n) is 4.22. The van der Waals surface area contributed by atoms with Crippen molar-refractivity contribution >= 4 is 0 Å². The first-order valence-corrected chi connectivity index (χ1v) is 4.00. The van der Waals surface area contributed by atoms with Crippen molar-refractivity contribution in [3.63, 3.8) is 0 Å². The first-order valence-electron chi connectivity index (χ1n) is 1.38. The maximum absolute atomic E-state index is 9.24. The van der Waals surface area contributed by atoms with Crippen molar-refractivity contribution in [2.24, 2.45) is 0 Å². The van der Waals surface area contributed by atoms with Gasteiger partial charge in [0, 0.05) is 0 Å². The molecule has 0 aromatic rings. The summed E-state index contributed by atoms with van der Waals surface area (Å²) in [5.74, 6) is 0. The quantitative estimate of drug-likeness (QED) is 0.180. The van der Waals surface area contributed by atoms with Crippen LogP contribution in [0.3, 0.4) is 0 Å². The monoisotopic (exact) mass is 205 g/mol. The molecule has 10 heavy (non-hydrogen) atoms. The Hall–Kier alpha value is -0.506. The minimum atomic E-state index is -7.88. The molecule has 0 saturated heterocycles. The molecule has 0 amide bonds. The molecule has 10 heteroatoms. The van der Waals surface area contributed by atoms with Crippen molar-refractivity contribution in [1.82, 2.24) is 0 Å². The van der Waals surface area contributed by atoms with Crippen LogP contribution < -0.4 is 0 Å². The average molecular weight is 206 g/mol. The van der Waals surface area contributed by atoms with Gasteiger partial charge >= 0.3 is 52.7 Å². The van der Waals surface area contributed by atoms with Gasteiger partial charge in [-0.05, 0) is 0 Å². The van der Waals surface area contributed by atoms with Crippen LogP contribution in [-0.4, -0.2) is 26.3 Å². The number of hydrogen-bond acceptors (Lipinski definition) is 8. The average Bonchev–Trinajstić information content (AvgIpc) is 1.12. The summed E-state index contributed by atoms with van der Waals surface area (Å²) < 4.78 is 41.4. The molecular weight excluding hydrogens is 201 g/mol. The van der Waals surface area contributed by atoms with Crippen molar-refractivity contribution in [3.8, 4) is 0 Å². The minimum absolute atomic E-state index is 1.97. The molecule has 0 fully saturated rings. The molecule has 68 valence electrons. The fraction of sp³-hybridized carbons (Fsp3) is 0. The van der Waals surface area contributed by atoms with Crippen LogP contribution in [0.1, 0.15) is 0 Å². The maximum atomic E-state index is 9.24. The van der Waals surface area contributed by atoms with Crippen molar-refractivity contribution in [3.05, 3.63) is 10.1 Å². The predicted molar refractivity (Wildman–Crippen MR) is 19.2 cm³/mol. The van der Waals surface area contributed by atoms with Gasteiger partial charge in [-0.3, -0.25) is 0 Å². The van der Waals surface area contributed by atoms with Gasteiger partial charge in [0.2, 0.25) is 0 Å². The topological polar surface area (TPSA) is 154 Å². The Balaban J connectivity index is 4.59. The molecule has 0 saturated carbocycles. The van der Waals surface area contributed by atoms with Crippen LogP contribution in [0.5, 0.6) is 0 Å². The second kappa shape index (κ2) is 1.39. The third-order valence-corrected chi connectivity index (χ3v) is 0.727. The van der Waals surface area contributed by atoms with E-state index in [-0.39, 0.29) is 0 Å². The van der Waals surface area contributed by atoms with Gasteiger partial charge in [-0.1, -0.05) is 0 Å². The molecule has 0 aromatic carbocycles. The van der Waals surface area contributed by atoms with E-state index in [9.17, 15) is 10.1 Å². The van der Waals surface area contributed by atoms with E-state index in [0.29, 0.717) is 0 Å². The van der Waals surface area contributed by atoms with E-state index >= 15 is 0 Å². The van der Waals surface area contributed by atoms with Crippen LogP contribution in [-0.2, 0) is 16.2 Å². The van der Waals surface area contributed by atoms with Crippen molar-refractivity contribution in [1.29, 1.82) is 0 Å². The molecule has 0 unspecified atom stereocenters. The molecule has 0 spiro atoms. The van der Waals surface area contributed by atoms with E-state index in [1.807, 2.05) is 0 Å². The van der Waals surface area contributed by atoms with Crippen molar-refractivity contribution in [2.45, 2.75) is 0 Å². The Kier molecular flexibility index (Phi) is 1.32. The van der Waals surface area contributed by atoms with E-state index in [4.69, 9.17) is 21.2 Å². The Bertz CT molecular complexity index is 157. The molecule has 0 atom stereocenters. The Morgan fingerprint density at radius 3 is 1.50 bits per heavy atom. The van der Waals surface area contributed by atoms with Gasteiger partial charge in [0.15, 0.2) is 0 Å². The van der Waals surface area contributed by atoms with E-state index in [1.165, 1.54) is 0 Å². The summed E-state index contributed by atoms with van der Waals surface area (Å²) in [6.45, 7) is 0. The molecule has 9 nitrogen and oxygen atoms in total. The summed E-state index contributed by atoms with van der Waals surface area (Å²) in [6.07, 6.45) is 0. The van der Waals surface area contributed by atoms with Gasteiger partial charge in [-0.25, -0.2) is 0 Å². The summed E-state index contributed by atoms with van der Waals surface area (Å²) in [6, 6.07) is 0. The van der Waals surface area contributed by atoms with Crippen LogP contribution in [0.2, 0.25) is 0 Å². The molecule has 0 aliphatic rings. The summed E-state index contributed by atoms with van der Waals surface area (Å²) in [5, 5.41) is 7.27.